The first-order valence-electron chi connectivity index (χ1n) is 8.30. The first-order valence-corrected chi connectivity index (χ1v) is 8.30. The third-order valence-corrected chi connectivity index (χ3v) is 4.72. The minimum absolute atomic E-state index is 0.467. The molecule has 0 aromatic carbocycles. The summed E-state index contributed by atoms with van der Waals surface area (Å²) in [4.78, 5) is 2.80. The summed E-state index contributed by atoms with van der Waals surface area (Å²) in [5, 5.41) is 3.57. The summed E-state index contributed by atoms with van der Waals surface area (Å²) in [6.45, 7) is 11.5. The van der Waals surface area contributed by atoms with Crippen molar-refractivity contribution in [1.29, 1.82) is 0 Å². The molecule has 19 heavy (non-hydrogen) atoms. The topological polar surface area (TPSA) is 24.5 Å². The maximum absolute atomic E-state index is 5.94. The van der Waals surface area contributed by atoms with Gasteiger partial charge in [-0.05, 0) is 51.1 Å². The monoisotopic (exact) mass is 268 g/mol. The highest BCUT2D eigenvalue weighted by Gasteiger charge is 2.32. The number of ether oxygens (including phenoxy) is 1. The Morgan fingerprint density at radius 1 is 1.26 bits per heavy atom. The van der Waals surface area contributed by atoms with E-state index in [0.29, 0.717) is 12.0 Å². The van der Waals surface area contributed by atoms with Gasteiger partial charge in [-0.3, -0.25) is 4.90 Å². The fourth-order valence-electron chi connectivity index (χ4n) is 3.61. The molecule has 0 bridgehead atoms. The summed E-state index contributed by atoms with van der Waals surface area (Å²) in [5.74, 6) is 0.649. The van der Waals surface area contributed by atoms with Gasteiger partial charge < -0.3 is 10.1 Å². The molecule has 3 unspecified atom stereocenters. The maximum Gasteiger partial charge on any atom is 0.0612 e. The molecule has 0 aromatic heterocycles. The first kappa shape index (κ1) is 15.3. The molecule has 2 fully saturated rings. The van der Waals surface area contributed by atoms with Gasteiger partial charge in [0.2, 0.25) is 0 Å². The van der Waals surface area contributed by atoms with Crippen molar-refractivity contribution >= 4 is 0 Å². The van der Waals surface area contributed by atoms with E-state index in [1.165, 1.54) is 51.7 Å². The number of rotatable bonds is 5. The van der Waals surface area contributed by atoms with E-state index >= 15 is 0 Å². The van der Waals surface area contributed by atoms with Crippen molar-refractivity contribution in [2.75, 3.05) is 26.2 Å². The largest absolute Gasteiger partial charge is 0.378 e. The zero-order chi connectivity index (χ0) is 13.7. The van der Waals surface area contributed by atoms with Gasteiger partial charge in [0.1, 0.15) is 0 Å². The number of nitrogens with zero attached hydrogens (tertiary/aromatic N) is 1. The summed E-state index contributed by atoms with van der Waals surface area (Å²) in [6, 6.07) is 1.50. The second-order valence-electron chi connectivity index (χ2n) is 6.57. The van der Waals surface area contributed by atoms with E-state index in [4.69, 9.17) is 4.74 Å². The molecule has 2 heterocycles. The Hall–Kier alpha value is -0.120. The van der Waals surface area contributed by atoms with Crippen molar-refractivity contribution in [2.45, 2.75) is 71.1 Å². The highest BCUT2D eigenvalue weighted by molar-refractivity contribution is 4.87. The van der Waals surface area contributed by atoms with Gasteiger partial charge in [0.05, 0.1) is 6.10 Å². The maximum atomic E-state index is 5.94. The average Bonchev–Trinajstić information content (AvgIpc) is 2.46. The van der Waals surface area contributed by atoms with E-state index in [1.54, 1.807) is 0 Å². The van der Waals surface area contributed by atoms with Crippen LogP contribution in [-0.4, -0.2) is 49.3 Å². The molecule has 0 aromatic rings. The Morgan fingerprint density at radius 2 is 2.11 bits per heavy atom. The Balaban J connectivity index is 1.96. The van der Waals surface area contributed by atoms with Gasteiger partial charge in [-0.1, -0.05) is 20.8 Å². The zero-order valence-corrected chi connectivity index (χ0v) is 13.0. The number of nitrogens with one attached hydrogen (secondary N) is 1. The Kier molecular flexibility index (Phi) is 6.11. The fraction of sp³-hybridized carbons (Fsp3) is 1.00. The average molecular weight is 268 g/mol. The molecule has 2 saturated heterocycles. The minimum atomic E-state index is 0.467. The zero-order valence-electron chi connectivity index (χ0n) is 13.0. The normalized spacial score (nSPS) is 33.0. The van der Waals surface area contributed by atoms with E-state index in [1.807, 2.05) is 0 Å². The van der Waals surface area contributed by atoms with Crippen molar-refractivity contribution in [1.82, 2.24) is 10.2 Å². The molecule has 0 aliphatic carbocycles. The molecule has 3 atom stereocenters. The number of hydrogen-bond acceptors (Lipinski definition) is 3. The van der Waals surface area contributed by atoms with E-state index in [0.717, 1.165) is 18.7 Å². The molecule has 2 aliphatic heterocycles. The lowest BCUT2D eigenvalue weighted by Crippen LogP contribution is -2.53. The smallest absolute Gasteiger partial charge is 0.0612 e. The molecule has 0 spiro atoms. The standard InChI is InChI=1S/C16H32N2O/c1-4-9-18(15-6-5-8-17-12-15)14-7-10-19-16(11-14)13(2)3/h13-17H,4-12H2,1-3H3. The molecular formula is C16H32N2O. The van der Waals surface area contributed by atoms with Crippen LogP contribution in [0.25, 0.3) is 0 Å². The Morgan fingerprint density at radius 3 is 2.74 bits per heavy atom. The van der Waals surface area contributed by atoms with Crippen LogP contribution in [0.3, 0.4) is 0 Å². The number of hydrogen-bond donors (Lipinski definition) is 1. The lowest BCUT2D eigenvalue weighted by atomic mass is 9.92. The molecule has 2 rings (SSSR count). The minimum Gasteiger partial charge on any atom is -0.378 e. The molecule has 0 amide bonds. The van der Waals surface area contributed by atoms with E-state index in [-0.39, 0.29) is 0 Å². The predicted molar refractivity (Wildman–Crippen MR) is 80.5 cm³/mol. The lowest BCUT2D eigenvalue weighted by Gasteiger charge is -2.44. The summed E-state index contributed by atoms with van der Waals surface area (Å²) >= 11 is 0. The molecular weight excluding hydrogens is 236 g/mol. The SMILES string of the molecule is CCCN(C1CCCNC1)C1CCOC(C(C)C)C1. The molecule has 3 heteroatoms. The fourth-order valence-corrected chi connectivity index (χ4v) is 3.61. The molecule has 112 valence electrons. The highest BCUT2D eigenvalue weighted by Crippen LogP contribution is 2.27. The van der Waals surface area contributed by atoms with Crippen LogP contribution in [0, 0.1) is 5.92 Å². The van der Waals surface area contributed by atoms with Gasteiger partial charge in [-0.2, -0.15) is 0 Å². The highest BCUT2D eigenvalue weighted by atomic mass is 16.5. The van der Waals surface area contributed by atoms with Crippen LogP contribution in [0.2, 0.25) is 0 Å². The lowest BCUT2D eigenvalue weighted by molar-refractivity contribution is -0.0580. The summed E-state index contributed by atoms with van der Waals surface area (Å²) in [5.41, 5.74) is 0. The summed E-state index contributed by atoms with van der Waals surface area (Å²) in [7, 11) is 0. The second-order valence-corrected chi connectivity index (χ2v) is 6.57. The van der Waals surface area contributed by atoms with E-state index in [9.17, 15) is 0 Å². The first-order chi connectivity index (χ1) is 9.22. The van der Waals surface area contributed by atoms with Crippen LogP contribution < -0.4 is 5.32 Å². The molecule has 3 nitrogen and oxygen atoms in total. The van der Waals surface area contributed by atoms with Crippen molar-refractivity contribution in [2.24, 2.45) is 5.92 Å². The van der Waals surface area contributed by atoms with Crippen LogP contribution in [0.5, 0.6) is 0 Å². The van der Waals surface area contributed by atoms with Gasteiger partial charge in [0.25, 0.3) is 0 Å². The molecule has 1 N–H and O–H groups in total. The summed E-state index contributed by atoms with van der Waals surface area (Å²) < 4.78 is 5.94. The van der Waals surface area contributed by atoms with Crippen LogP contribution >= 0.6 is 0 Å². The molecule has 2 aliphatic rings. The molecule has 0 radical (unpaired) electrons. The van der Waals surface area contributed by atoms with Crippen molar-refractivity contribution < 1.29 is 4.74 Å². The van der Waals surface area contributed by atoms with Gasteiger partial charge in [0, 0.05) is 25.2 Å². The molecule has 0 saturated carbocycles. The van der Waals surface area contributed by atoms with Gasteiger partial charge in [-0.25, -0.2) is 0 Å². The Labute approximate surface area is 119 Å². The van der Waals surface area contributed by atoms with Crippen LogP contribution in [0.4, 0.5) is 0 Å². The van der Waals surface area contributed by atoms with E-state index in [2.05, 4.69) is 31.0 Å². The second kappa shape index (κ2) is 7.61. The third kappa shape index (κ3) is 4.17. The Bertz CT molecular complexity index is 251. The predicted octanol–water partition coefficient (Wildman–Crippen LogP) is 2.65. The third-order valence-electron chi connectivity index (χ3n) is 4.72. The van der Waals surface area contributed by atoms with Crippen molar-refractivity contribution in [3.63, 3.8) is 0 Å². The quantitative estimate of drug-likeness (QED) is 0.829. The van der Waals surface area contributed by atoms with Crippen LogP contribution in [0.1, 0.15) is 52.9 Å². The van der Waals surface area contributed by atoms with Gasteiger partial charge in [-0.15, -0.1) is 0 Å². The van der Waals surface area contributed by atoms with E-state index < -0.39 is 0 Å². The van der Waals surface area contributed by atoms with Crippen LogP contribution in [0.15, 0.2) is 0 Å². The van der Waals surface area contributed by atoms with Crippen molar-refractivity contribution in [3.05, 3.63) is 0 Å². The summed E-state index contributed by atoms with van der Waals surface area (Å²) in [6.07, 6.45) is 6.89. The van der Waals surface area contributed by atoms with Gasteiger partial charge >= 0.3 is 0 Å². The number of piperidine rings is 1. The van der Waals surface area contributed by atoms with Crippen molar-refractivity contribution in [3.8, 4) is 0 Å². The van der Waals surface area contributed by atoms with Gasteiger partial charge in [0.15, 0.2) is 0 Å². The van der Waals surface area contributed by atoms with Crippen LogP contribution in [-0.2, 0) is 4.74 Å².